The molecule has 2 aliphatic heterocycles. The molecule has 2 aromatic heterocycles. The van der Waals surface area contributed by atoms with Gasteiger partial charge < -0.3 is 19.1 Å². The van der Waals surface area contributed by atoms with E-state index in [4.69, 9.17) is 4.74 Å². The number of fused-ring (bicyclic) bond motifs is 1. The lowest BCUT2D eigenvalue weighted by Crippen LogP contribution is -2.39. The van der Waals surface area contributed by atoms with Crippen molar-refractivity contribution in [3.63, 3.8) is 0 Å². The van der Waals surface area contributed by atoms with E-state index < -0.39 is 22.8 Å². The number of halogens is 2. The van der Waals surface area contributed by atoms with Crippen molar-refractivity contribution in [1.82, 2.24) is 19.9 Å². The number of hydrogen-bond acceptors (Lipinski definition) is 8. The number of benzene rings is 1. The van der Waals surface area contributed by atoms with Gasteiger partial charge in [-0.15, -0.1) is 0 Å². The highest BCUT2D eigenvalue weighted by molar-refractivity contribution is 7.90. The molecule has 172 valence electrons. The predicted octanol–water partition coefficient (Wildman–Crippen LogP) is 3.02. The zero-order valence-corrected chi connectivity index (χ0v) is 18.8. The number of ether oxygens (including phenoxy) is 1. The Hall–Kier alpha value is -3.05. The second-order valence-corrected chi connectivity index (χ2v) is 9.34. The highest BCUT2D eigenvalue weighted by Crippen LogP contribution is 2.38. The zero-order valence-electron chi connectivity index (χ0n) is 17.9. The fourth-order valence-electron chi connectivity index (χ4n) is 4.19. The van der Waals surface area contributed by atoms with Crippen LogP contribution < -0.4 is 14.5 Å². The van der Waals surface area contributed by atoms with Crippen molar-refractivity contribution in [2.45, 2.75) is 30.3 Å². The first-order valence-electron chi connectivity index (χ1n) is 10.6. The van der Waals surface area contributed by atoms with Gasteiger partial charge in [0.1, 0.15) is 24.5 Å². The van der Waals surface area contributed by atoms with E-state index in [-0.39, 0.29) is 6.10 Å². The summed E-state index contributed by atoms with van der Waals surface area (Å²) in [4.78, 5) is 21.1. The van der Waals surface area contributed by atoms with E-state index in [2.05, 4.69) is 19.9 Å². The van der Waals surface area contributed by atoms with Crippen LogP contribution in [0.3, 0.4) is 0 Å². The quantitative estimate of drug-likeness (QED) is 0.524. The molecule has 0 saturated carbocycles. The molecule has 1 fully saturated rings. The van der Waals surface area contributed by atoms with Crippen molar-refractivity contribution in [1.29, 1.82) is 0 Å². The molecule has 5 rings (SSSR count). The third kappa shape index (κ3) is 4.42. The van der Waals surface area contributed by atoms with Crippen molar-refractivity contribution in [3.05, 3.63) is 54.1 Å². The van der Waals surface area contributed by atoms with Crippen LogP contribution >= 0.6 is 0 Å². The van der Waals surface area contributed by atoms with Crippen LogP contribution in [0.4, 0.5) is 26.2 Å². The van der Waals surface area contributed by atoms with Gasteiger partial charge in [0.15, 0.2) is 16.5 Å². The minimum atomic E-state index is -1.25. The summed E-state index contributed by atoms with van der Waals surface area (Å²) < 4.78 is 45.7. The molecule has 4 heterocycles. The average Bonchev–Trinajstić information content (AvgIpc) is 3.25. The molecule has 8 nitrogen and oxygen atoms in total. The minimum absolute atomic E-state index is 0.0368. The van der Waals surface area contributed by atoms with Crippen LogP contribution in [0.15, 0.2) is 41.8 Å². The summed E-state index contributed by atoms with van der Waals surface area (Å²) in [6.45, 7) is 1.92. The van der Waals surface area contributed by atoms with Crippen LogP contribution in [0.1, 0.15) is 18.4 Å². The van der Waals surface area contributed by atoms with E-state index in [0.717, 1.165) is 18.4 Å². The normalized spacial score (nSPS) is 17.2. The zero-order chi connectivity index (χ0) is 22.9. The molecule has 11 heteroatoms. The maximum Gasteiger partial charge on any atom is 0.225 e. The molecular formula is C22H22F2N6O2S. The van der Waals surface area contributed by atoms with Crippen molar-refractivity contribution in [3.8, 4) is 5.88 Å². The summed E-state index contributed by atoms with van der Waals surface area (Å²) in [7, 11) is 0. The second kappa shape index (κ2) is 9.06. The van der Waals surface area contributed by atoms with Crippen LogP contribution in [0.25, 0.3) is 0 Å². The van der Waals surface area contributed by atoms with Gasteiger partial charge in [0.25, 0.3) is 0 Å². The summed E-state index contributed by atoms with van der Waals surface area (Å²) in [5.41, 5.74) is 1.24. The molecule has 1 saturated heterocycles. The van der Waals surface area contributed by atoms with E-state index in [0.29, 0.717) is 54.3 Å². The van der Waals surface area contributed by atoms with Crippen LogP contribution in [0.2, 0.25) is 0 Å². The van der Waals surface area contributed by atoms with Crippen molar-refractivity contribution in [2.24, 2.45) is 0 Å². The Morgan fingerprint density at radius 3 is 2.52 bits per heavy atom. The van der Waals surface area contributed by atoms with E-state index in [9.17, 15) is 13.3 Å². The molecule has 1 aromatic carbocycles. The van der Waals surface area contributed by atoms with Gasteiger partial charge in [-0.1, -0.05) is 0 Å². The lowest BCUT2D eigenvalue weighted by molar-refractivity contribution is 0.162. The van der Waals surface area contributed by atoms with Crippen LogP contribution in [-0.4, -0.2) is 56.5 Å². The smallest absolute Gasteiger partial charge is 0.225 e. The summed E-state index contributed by atoms with van der Waals surface area (Å²) in [6.07, 6.45) is 7.37. The third-order valence-corrected chi connectivity index (χ3v) is 6.79. The molecule has 3 aromatic rings. The van der Waals surface area contributed by atoms with Gasteiger partial charge in [0.2, 0.25) is 11.8 Å². The summed E-state index contributed by atoms with van der Waals surface area (Å²) in [5.74, 6) is 0.757. The van der Waals surface area contributed by atoms with Gasteiger partial charge in [-0.25, -0.2) is 28.7 Å². The first-order chi connectivity index (χ1) is 16.0. The Morgan fingerprint density at radius 1 is 1.06 bits per heavy atom. The molecule has 0 amide bonds. The van der Waals surface area contributed by atoms with Crippen LogP contribution in [0.5, 0.6) is 5.88 Å². The minimum Gasteiger partial charge on any atom is -0.612 e. The number of hydrogen-bond donors (Lipinski definition) is 0. The fourth-order valence-corrected chi connectivity index (χ4v) is 4.72. The molecule has 0 bridgehead atoms. The van der Waals surface area contributed by atoms with Gasteiger partial charge in [-0.3, -0.25) is 0 Å². The van der Waals surface area contributed by atoms with E-state index >= 15 is 0 Å². The Kier molecular flexibility index (Phi) is 5.98. The molecule has 0 radical (unpaired) electrons. The van der Waals surface area contributed by atoms with E-state index in [1.54, 1.807) is 17.0 Å². The van der Waals surface area contributed by atoms with Gasteiger partial charge in [-0.05, 0) is 29.7 Å². The van der Waals surface area contributed by atoms with Gasteiger partial charge in [-0.2, -0.15) is 0 Å². The number of piperidine rings is 1. The lowest BCUT2D eigenvalue weighted by Gasteiger charge is -2.32. The fraction of sp³-hybridized carbons (Fsp3) is 0.364. The Labute approximate surface area is 192 Å². The predicted molar refractivity (Wildman–Crippen MR) is 119 cm³/mol. The molecule has 0 spiro atoms. The highest BCUT2D eigenvalue weighted by atomic mass is 32.2. The number of aromatic nitrogens is 4. The number of nitrogens with zero attached hydrogens (tertiary/aromatic N) is 6. The third-order valence-electron chi connectivity index (χ3n) is 5.88. The van der Waals surface area contributed by atoms with Gasteiger partial charge in [0.05, 0.1) is 23.6 Å². The van der Waals surface area contributed by atoms with Gasteiger partial charge in [0, 0.05) is 38.5 Å². The summed E-state index contributed by atoms with van der Waals surface area (Å²) in [5, 5.41) is 0. The molecule has 33 heavy (non-hydrogen) atoms. The lowest BCUT2D eigenvalue weighted by atomic mass is 10.1. The number of anilines is 3. The largest absolute Gasteiger partial charge is 0.612 e. The maximum atomic E-state index is 14.7. The van der Waals surface area contributed by atoms with Gasteiger partial charge >= 0.3 is 0 Å². The summed E-state index contributed by atoms with van der Waals surface area (Å²) in [6, 6.07) is 4.61. The van der Waals surface area contributed by atoms with Crippen LogP contribution in [-0.2, 0) is 17.6 Å². The summed E-state index contributed by atoms with van der Waals surface area (Å²) >= 11 is -1.25. The second-order valence-electron chi connectivity index (χ2n) is 7.96. The standard InChI is InChI=1S/C22H22F2N6O2S/c1-33(31)16-2-3-19(18(24)10-16)30-9-6-17-20(30)27-13-28-21(17)32-15-4-7-29(8-5-15)22-25-11-14(23)12-26-22/h2-3,10-13,15H,4-9H2,1H3/t33-/m1/s1. The van der Waals surface area contributed by atoms with E-state index in [1.807, 2.05) is 4.90 Å². The van der Waals surface area contributed by atoms with Crippen LogP contribution in [0, 0.1) is 11.6 Å². The van der Waals surface area contributed by atoms with Crippen molar-refractivity contribution in [2.75, 3.05) is 35.7 Å². The van der Waals surface area contributed by atoms with Crippen molar-refractivity contribution < 1.29 is 18.1 Å². The first-order valence-corrected chi connectivity index (χ1v) is 12.2. The topological polar surface area (TPSA) is 90.3 Å². The SMILES string of the molecule is C[S@@+]([O-])c1ccc(N2CCc3c(OC4CCN(c5ncc(F)cn5)CC4)ncnc32)c(F)c1. The Bertz CT molecular complexity index is 1140. The maximum absolute atomic E-state index is 14.7. The molecule has 2 aliphatic rings. The monoisotopic (exact) mass is 472 g/mol. The molecule has 1 atom stereocenters. The first kappa shape index (κ1) is 21.8. The van der Waals surface area contributed by atoms with E-state index in [1.165, 1.54) is 31.0 Å². The average molecular weight is 473 g/mol. The highest BCUT2D eigenvalue weighted by Gasteiger charge is 2.30. The molecule has 0 N–H and O–H groups in total. The molecular weight excluding hydrogens is 450 g/mol. The molecule has 0 unspecified atom stereocenters. The molecule has 0 aliphatic carbocycles. The number of rotatable bonds is 5. The Morgan fingerprint density at radius 2 is 1.82 bits per heavy atom. The Balaban J connectivity index is 1.28. The van der Waals surface area contributed by atoms with Crippen molar-refractivity contribution >= 4 is 28.6 Å².